The minimum Gasteiger partial charge on any atom is -0.309 e. The first-order valence-electron chi connectivity index (χ1n) is 8.76. The van der Waals surface area contributed by atoms with Gasteiger partial charge in [-0.2, -0.15) is 0 Å². The van der Waals surface area contributed by atoms with Crippen LogP contribution in [0, 0.1) is 0 Å². The maximum absolute atomic E-state index is 6.09. The van der Waals surface area contributed by atoms with Gasteiger partial charge in [-0.1, -0.05) is 59.6 Å². The first-order chi connectivity index (χ1) is 13.2. The molecule has 0 aliphatic heterocycles. The van der Waals surface area contributed by atoms with Crippen molar-refractivity contribution in [1.29, 1.82) is 0 Å². The van der Waals surface area contributed by atoms with Gasteiger partial charge < -0.3 is 4.57 Å². The molecule has 130 valence electrons. The molecule has 0 saturated carbocycles. The molecule has 0 amide bonds. The second-order valence-electron chi connectivity index (χ2n) is 6.57. The van der Waals surface area contributed by atoms with Crippen molar-refractivity contribution < 1.29 is 0 Å². The number of aromatic nitrogens is 1. The number of fused-ring (bicyclic) bond motifs is 3. The van der Waals surface area contributed by atoms with Gasteiger partial charge in [-0.15, -0.1) is 0 Å². The number of nitrogens with zero attached hydrogens (tertiary/aromatic N) is 1. The number of benzene rings is 4. The van der Waals surface area contributed by atoms with Crippen molar-refractivity contribution in [2.24, 2.45) is 0 Å². The highest BCUT2D eigenvalue weighted by molar-refractivity contribution is 6.31. The van der Waals surface area contributed by atoms with E-state index >= 15 is 0 Å². The van der Waals surface area contributed by atoms with Gasteiger partial charge in [0.25, 0.3) is 0 Å². The average molecular weight is 388 g/mol. The third kappa shape index (κ3) is 2.80. The van der Waals surface area contributed by atoms with Crippen molar-refractivity contribution in [3.8, 4) is 16.8 Å². The Labute approximate surface area is 167 Å². The Balaban J connectivity index is 1.80. The van der Waals surface area contributed by atoms with Crippen molar-refractivity contribution in [2.45, 2.75) is 0 Å². The van der Waals surface area contributed by atoms with Crippen LogP contribution in [0.1, 0.15) is 0 Å². The molecule has 0 fully saturated rings. The summed E-state index contributed by atoms with van der Waals surface area (Å²) in [5.41, 5.74) is 5.80. The molecule has 0 spiro atoms. The minimum absolute atomic E-state index is 0.740. The standard InChI is InChI=1S/C24H15Cl2N/c25-18-8-5-16(6-9-18)17-7-14-24-22(15-17)21-3-1-2-4-23(21)27(24)20-12-10-19(26)11-13-20/h1-15H. The van der Waals surface area contributed by atoms with Crippen LogP contribution in [0.15, 0.2) is 91.0 Å². The maximum atomic E-state index is 6.09. The summed E-state index contributed by atoms with van der Waals surface area (Å²) in [6.07, 6.45) is 0. The molecule has 0 aliphatic carbocycles. The zero-order valence-corrected chi connectivity index (χ0v) is 15.9. The zero-order valence-electron chi connectivity index (χ0n) is 14.4. The summed E-state index contributed by atoms with van der Waals surface area (Å²) >= 11 is 12.1. The van der Waals surface area contributed by atoms with Crippen molar-refractivity contribution in [1.82, 2.24) is 4.57 Å². The van der Waals surface area contributed by atoms with Crippen LogP contribution in [-0.2, 0) is 0 Å². The summed E-state index contributed by atoms with van der Waals surface area (Å²) in [6.45, 7) is 0. The second kappa shape index (κ2) is 6.45. The normalized spacial score (nSPS) is 11.3. The van der Waals surface area contributed by atoms with E-state index in [9.17, 15) is 0 Å². The Hall–Kier alpha value is -2.74. The first-order valence-corrected chi connectivity index (χ1v) is 9.51. The van der Waals surface area contributed by atoms with Crippen LogP contribution < -0.4 is 0 Å². The summed E-state index contributed by atoms with van der Waals surface area (Å²) in [4.78, 5) is 0. The molecular formula is C24H15Cl2N. The lowest BCUT2D eigenvalue weighted by molar-refractivity contribution is 1.18. The SMILES string of the molecule is Clc1ccc(-c2ccc3c(c2)c2ccccc2n3-c2ccc(Cl)cc2)cc1. The van der Waals surface area contributed by atoms with Crippen LogP contribution >= 0.6 is 23.2 Å². The Kier molecular flexibility index (Phi) is 3.93. The Morgan fingerprint density at radius 1 is 0.519 bits per heavy atom. The van der Waals surface area contributed by atoms with Crippen molar-refractivity contribution in [3.05, 3.63) is 101 Å². The van der Waals surface area contributed by atoms with Gasteiger partial charge in [0.2, 0.25) is 0 Å². The van der Waals surface area contributed by atoms with Crippen molar-refractivity contribution >= 4 is 45.0 Å². The van der Waals surface area contributed by atoms with Crippen LogP contribution in [0.5, 0.6) is 0 Å². The van der Waals surface area contributed by atoms with Gasteiger partial charge in [-0.25, -0.2) is 0 Å². The predicted octanol–water partition coefficient (Wildman–Crippen LogP) is 7.76. The van der Waals surface area contributed by atoms with E-state index in [0.29, 0.717) is 0 Å². The number of halogens is 2. The molecule has 0 bridgehead atoms. The van der Waals surface area contributed by atoms with E-state index in [1.165, 1.54) is 27.4 Å². The first kappa shape index (κ1) is 16.4. The van der Waals surface area contributed by atoms with Gasteiger partial charge in [0.15, 0.2) is 0 Å². The molecule has 0 N–H and O–H groups in total. The van der Waals surface area contributed by atoms with E-state index < -0.39 is 0 Å². The molecule has 5 rings (SSSR count). The summed E-state index contributed by atoms with van der Waals surface area (Å²) < 4.78 is 2.28. The predicted molar refractivity (Wildman–Crippen MR) is 116 cm³/mol. The van der Waals surface area contributed by atoms with Gasteiger partial charge in [0.1, 0.15) is 0 Å². The van der Waals surface area contributed by atoms with Crippen LogP contribution in [0.3, 0.4) is 0 Å². The summed E-state index contributed by atoms with van der Waals surface area (Å²) in [5.74, 6) is 0. The van der Waals surface area contributed by atoms with Crippen LogP contribution in [-0.4, -0.2) is 4.57 Å². The van der Waals surface area contributed by atoms with Crippen molar-refractivity contribution in [2.75, 3.05) is 0 Å². The van der Waals surface area contributed by atoms with Gasteiger partial charge >= 0.3 is 0 Å². The highest BCUT2D eigenvalue weighted by Gasteiger charge is 2.12. The molecule has 0 unspecified atom stereocenters. The number of hydrogen-bond acceptors (Lipinski definition) is 0. The van der Waals surface area contributed by atoms with E-state index in [2.05, 4.69) is 71.3 Å². The lowest BCUT2D eigenvalue weighted by Crippen LogP contribution is -1.93. The minimum atomic E-state index is 0.740. The van der Waals surface area contributed by atoms with E-state index in [-0.39, 0.29) is 0 Å². The zero-order chi connectivity index (χ0) is 18.4. The monoisotopic (exact) mass is 387 g/mol. The van der Waals surface area contributed by atoms with E-state index in [0.717, 1.165) is 21.3 Å². The summed E-state index contributed by atoms with van der Waals surface area (Å²) in [6, 6.07) is 31.1. The fourth-order valence-corrected chi connectivity index (χ4v) is 3.92. The average Bonchev–Trinajstić information content (AvgIpc) is 3.03. The lowest BCUT2D eigenvalue weighted by atomic mass is 10.0. The number of para-hydroxylation sites is 1. The lowest BCUT2D eigenvalue weighted by Gasteiger charge is -2.08. The molecule has 3 heteroatoms. The molecule has 0 aliphatic rings. The topological polar surface area (TPSA) is 4.93 Å². The summed E-state index contributed by atoms with van der Waals surface area (Å²) in [5, 5.41) is 3.95. The Morgan fingerprint density at radius 2 is 1.11 bits per heavy atom. The quantitative estimate of drug-likeness (QED) is 0.291. The molecule has 0 radical (unpaired) electrons. The molecule has 0 atom stereocenters. The molecule has 1 heterocycles. The van der Waals surface area contributed by atoms with Gasteiger partial charge in [0, 0.05) is 26.5 Å². The summed E-state index contributed by atoms with van der Waals surface area (Å²) in [7, 11) is 0. The van der Waals surface area contributed by atoms with E-state index in [1.54, 1.807) is 0 Å². The van der Waals surface area contributed by atoms with Crippen molar-refractivity contribution in [3.63, 3.8) is 0 Å². The Morgan fingerprint density at radius 3 is 1.85 bits per heavy atom. The largest absolute Gasteiger partial charge is 0.309 e. The highest BCUT2D eigenvalue weighted by Crippen LogP contribution is 2.35. The fourth-order valence-electron chi connectivity index (χ4n) is 3.66. The van der Waals surface area contributed by atoms with Crippen LogP contribution in [0.4, 0.5) is 0 Å². The molecule has 27 heavy (non-hydrogen) atoms. The highest BCUT2D eigenvalue weighted by atomic mass is 35.5. The third-order valence-corrected chi connectivity index (χ3v) is 5.44. The molecular weight excluding hydrogens is 373 g/mol. The van der Waals surface area contributed by atoms with Gasteiger partial charge in [0.05, 0.1) is 11.0 Å². The molecule has 0 saturated heterocycles. The Bertz CT molecular complexity index is 1270. The molecule has 1 aromatic heterocycles. The molecule has 1 nitrogen and oxygen atoms in total. The van der Waals surface area contributed by atoms with Gasteiger partial charge in [-0.05, 0) is 65.7 Å². The van der Waals surface area contributed by atoms with E-state index in [4.69, 9.17) is 23.2 Å². The molecule has 4 aromatic carbocycles. The van der Waals surface area contributed by atoms with Gasteiger partial charge in [-0.3, -0.25) is 0 Å². The maximum Gasteiger partial charge on any atom is 0.0541 e. The third-order valence-electron chi connectivity index (χ3n) is 4.93. The fraction of sp³-hybridized carbons (Fsp3) is 0. The second-order valence-corrected chi connectivity index (χ2v) is 7.44. The van der Waals surface area contributed by atoms with Crippen LogP contribution in [0.2, 0.25) is 10.0 Å². The number of hydrogen-bond donors (Lipinski definition) is 0. The molecule has 5 aromatic rings. The smallest absolute Gasteiger partial charge is 0.0541 e. The van der Waals surface area contributed by atoms with Crippen LogP contribution in [0.25, 0.3) is 38.6 Å². The van der Waals surface area contributed by atoms with E-state index in [1.807, 2.05) is 24.3 Å². The number of rotatable bonds is 2.